The number of rotatable bonds is 10. The first-order valence-electron chi connectivity index (χ1n) is 7.61. The molecule has 0 fully saturated rings. The minimum absolute atomic E-state index is 0.249. The second-order valence-electron chi connectivity index (χ2n) is 5.59. The second kappa shape index (κ2) is 8.97. The highest BCUT2D eigenvalue weighted by Gasteiger charge is 2.12. The molecule has 0 saturated heterocycles. The fourth-order valence-electron chi connectivity index (χ4n) is 2.07. The molecule has 0 aliphatic rings. The molecular weight excluding hydrogens is 252 g/mol. The fraction of sp³-hybridized carbons (Fsp3) is 0.800. The van der Waals surface area contributed by atoms with Crippen molar-refractivity contribution >= 4 is 5.95 Å². The Balaban J connectivity index is 2.43. The van der Waals surface area contributed by atoms with Gasteiger partial charge in [-0.05, 0) is 25.7 Å². The number of imidazole rings is 1. The van der Waals surface area contributed by atoms with Gasteiger partial charge in [0.05, 0.1) is 0 Å². The van der Waals surface area contributed by atoms with Crippen molar-refractivity contribution in [3.05, 3.63) is 12.4 Å². The molecule has 0 amide bonds. The van der Waals surface area contributed by atoms with Crippen molar-refractivity contribution in [2.45, 2.75) is 46.2 Å². The van der Waals surface area contributed by atoms with Gasteiger partial charge in [-0.3, -0.25) is 0 Å². The van der Waals surface area contributed by atoms with Crippen LogP contribution in [-0.4, -0.2) is 42.4 Å². The second-order valence-corrected chi connectivity index (χ2v) is 5.59. The lowest BCUT2D eigenvalue weighted by Gasteiger charge is -2.23. The summed E-state index contributed by atoms with van der Waals surface area (Å²) < 4.78 is 7.55. The van der Waals surface area contributed by atoms with Crippen LogP contribution in [-0.2, 0) is 11.3 Å². The molecule has 0 saturated carbocycles. The van der Waals surface area contributed by atoms with Crippen LogP contribution in [0.2, 0.25) is 0 Å². The standard InChI is InChI=1S/C15H30N4O/c1-5-20-12-6-9-19-11-8-17-15(19)18(4)10-7-14(16)13(2)3/h8,11,13-14H,5-7,9-10,12,16H2,1-4H3. The Hall–Kier alpha value is -1.07. The monoisotopic (exact) mass is 282 g/mol. The summed E-state index contributed by atoms with van der Waals surface area (Å²) in [5.41, 5.74) is 6.10. The van der Waals surface area contributed by atoms with E-state index in [9.17, 15) is 0 Å². The molecule has 0 spiro atoms. The van der Waals surface area contributed by atoms with Crippen molar-refractivity contribution in [2.75, 3.05) is 31.7 Å². The van der Waals surface area contributed by atoms with E-state index in [2.05, 4.69) is 35.3 Å². The highest BCUT2D eigenvalue weighted by atomic mass is 16.5. The van der Waals surface area contributed by atoms with E-state index in [1.54, 1.807) is 0 Å². The molecule has 2 N–H and O–H groups in total. The van der Waals surface area contributed by atoms with Gasteiger partial charge >= 0.3 is 0 Å². The average molecular weight is 282 g/mol. The molecule has 20 heavy (non-hydrogen) atoms. The fourth-order valence-corrected chi connectivity index (χ4v) is 2.07. The minimum atomic E-state index is 0.249. The van der Waals surface area contributed by atoms with Gasteiger partial charge in [-0.2, -0.15) is 0 Å². The first-order chi connectivity index (χ1) is 9.56. The SMILES string of the molecule is CCOCCCn1ccnc1N(C)CCC(N)C(C)C. The highest BCUT2D eigenvalue weighted by Crippen LogP contribution is 2.12. The van der Waals surface area contributed by atoms with Crippen molar-refractivity contribution in [1.82, 2.24) is 9.55 Å². The molecular formula is C15H30N4O. The predicted octanol–water partition coefficient (Wildman–Crippen LogP) is 2.12. The van der Waals surface area contributed by atoms with E-state index < -0.39 is 0 Å². The molecule has 1 unspecified atom stereocenters. The molecule has 0 aromatic carbocycles. The van der Waals surface area contributed by atoms with Crippen LogP contribution in [0.5, 0.6) is 0 Å². The van der Waals surface area contributed by atoms with Gasteiger partial charge in [0.25, 0.3) is 0 Å². The molecule has 1 aromatic heterocycles. The van der Waals surface area contributed by atoms with Gasteiger partial charge in [0, 0.05) is 51.8 Å². The number of anilines is 1. The van der Waals surface area contributed by atoms with Crippen molar-refractivity contribution in [1.29, 1.82) is 0 Å². The zero-order valence-electron chi connectivity index (χ0n) is 13.4. The van der Waals surface area contributed by atoms with Crippen LogP contribution in [0.4, 0.5) is 5.95 Å². The number of hydrogen-bond acceptors (Lipinski definition) is 4. The smallest absolute Gasteiger partial charge is 0.205 e. The molecule has 1 atom stereocenters. The van der Waals surface area contributed by atoms with E-state index in [1.807, 2.05) is 19.3 Å². The van der Waals surface area contributed by atoms with E-state index in [0.717, 1.165) is 45.1 Å². The summed E-state index contributed by atoms with van der Waals surface area (Å²) in [6, 6.07) is 0.249. The average Bonchev–Trinajstić information content (AvgIpc) is 2.88. The number of hydrogen-bond donors (Lipinski definition) is 1. The first kappa shape index (κ1) is 17.0. The van der Waals surface area contributed by atoms with E-state index in [1.165, 1.54) is 0 Å². The van der Waals surface area contributed by atoms with E-state index >= 15 is 0 Å². The summed E-state index contributed by atoms with van der Waals surface area (Å²) in [5, 5.41) is 0. The van der Waals surface area contributed by atoms with Gasteiger partial charge < -0.3 is 19.9 Å². The topological polar surface area (TPSA) is 56.3 Å². The Morgan fingerprint density at radius 3 is 2.85 bits per heavy atom. The van der Waals surface area contributed by atoms with Crippen LogP contribution in [0.1, 0.15) is 33.6 Å². The van der Waals surface area contributed by atoms with Crippen LogP contribution in [0.3, 0.4) is 0 Å². The van der Waals surface area contributed by atoms with Crippen LogP contribution in [0.25, 0.3) is 0 Å². The van der Waals surface area contributed by atoms with Crippen molar-refractivity contribution in [2.24, 2.45) is 11.7 Å². The Labute approximate surface area is 123 Å². The third-order valence-electron chi connectivity index (χ3n) is 3.58. The maximum atomic E-state index is 6.10. The molecule has 1 heterocycles. The van der Waals surface area contributed by atoms with Crippen molar-refractivity contribution in [3.63, 3.8) is 0 Å². The molecule has 1 aromatic rings. The van der Waals surface area contributed by atoms with Crippen molar-refractivity contribution < 1.29 is 4.74 Å². The molecule has 5 heteroatoms. The van der Waals surface area contributed by atoms with Gasteiger partial charge in [-0.15, -0.1) is 0 Å². The van der Waals surface area contributed by atoms with Gasteiger partial charge in [-0.25, -0.2) is 4.98 Å². The summed E-state index contributed by atoms with van der Waals surface area (Å²) in [6.45, 7) is 9.81. The third-order valence-corrected chi connectivity index (χ3v) is 3.58. The van der Waals surface area contributed by atoms with Gasteiger partial charge in [0.2, 0.25) is 5.95 Å². The van der Waals surface area contributed by atoms with Gasteiger partial charge in [0.1, 0.15) is 0 Å². The molecule has 0 aliphatic carbocycles. The highest BCUT2D eigenvalue weighted by molar-refractivity contribution is 5.29. The summed E-state index contributed by atoms with van der Waals surface area (Å²) in [4.78, 5) is 6.63. The Morgan fingerprint density at radius 1 is 1.45 bits per heavy atom. The number of nitrogens with two attached hydrogens (primary N) is 1. The maximum Gasteiger partial charge on any atom is 0.205 e. The Bertz CT molecular complexity index is 365. The van der Waals surface area contributed by atoms with Crippen LogP contribution >= 0.6 is 0 Å². The number of nitrogens with zero attached hydrogens (tertiary/aromatic N) is 3. The third kappa shape index (κ3) is 5.51. The van der Waals surface area contributed by atoms with Crippen LogP contribution < -0.4 is 10.6 Å². The Kier molecular flexibility index (Phi) is 7.62. The summed E-state index contributed by atoms with van der Waals surface area (Å²) in [5.74, 6) is 1.53. The van der Waals surface area contributed by atoms with E-state index in [4.69, 9.17) is 10.5 Å². The molecule has 0 bridgehead atoms. The molecule has 0 radical (unpaired) electrons. The zero-order chi connectivity index (χ0) is 15.0. The van der Waals surface area contributed by atoms with E-state index in [0.29, 0.717) is 5.92 Å². The largest absolute Gasteiger partial charge is 0.382 e. The summed E-state index contributed by atoms with van der Waals surface area (Å²) in [6.07, 6.45) is 5.88. The normalized spacial score (nSPS) is 12.9. The lowest BCUT2D eigenvalue weighted by atomic mass is 10.0. The van der Waals surface area contributed by atoms with Gasteiger partial charge in [0.15, 0.2) is 0 Å². The zero-order valence-corrected chi connectivity index (χ0v) is 13.4. The predicted molar refractivity (Wildman–Crippen MR) is 84.0 cm³/mol. The summed E-state index contributed by atoms with van der Waals surface area (Å²) in [7, 11) is 2.08. The van der Waals surface area contributed by atoms with Crippen molar-refractivity contribution in [3.8, 4) is 0 Å². The molecule has 5 nitrogen and oxygen atoms in total. The summed E-state index contributed by atoms with van der Waals surface area (Å²) >= 11 is 0. The number of ether oxygens (including phenoxy) is 1. The van der Waals surface area contributed by atoms with Gasteiger partial charge in [-0.1, -0.05) is 13.8 Å². The Morgan fingerprint density at radius 2 is 2.20 bits per heavy atom. The maximum absolute atomic E-state index is 6.10. The molecule has 1 rings (SSSR count). The number of aryl methyl sites for hydroxylation is 1. The minimum Gasteiger partial charge on any atom is -0.382 e. The van der Waals surface area contributed by atoms with E-state index in [-0.39, 0.29) is 6.04 Å². The molecule has 116 valence electrons. The van der Waals surface area contributed by atoms with Crippen LogP contribution in [0.15, 0.2) is 12.4 Å². The lowest BCUT2D eigenvalue weighted by Crippen LogP contribution is -2.32. The quantitative estimate of drug-likeness (QED) is 0.668. The number of aromatic nitrogens is 2. The van der Waals surface area contributed by atoms with Crippen LogP contribution in [0, 0.1) is 5.92 Å². The first-order valence-corrected chi connectivity index (χ1v) is 7.61. The molecule has 0 aliphatic heterocycles. The lowest BCUT2D eigenvalue weighted by molar-refractivity contribution is 0.141.